The number of ether oxygens (including phenoxy) is 5. The van der Waals surface area contributed by atoms with Gasteiger partial charge in [-0.3, -0.25) is 14.4 Å². The van der Waals surface area contributed by atoms with Crippen molar-refractivity contribution in [2.45, 2.75) is 212 Å². The minimum Gasteiger partial charge on any atom is -0.479 e. The van der Waals surface area contributed by atoms with E-state index >= 15 is 0 Å². The van der Waals surface area contributed by atoms with Crippen molar-refractivity contribution in [3.63, 3.8) is 0 Å². The zero-order valence-corrected chi connectivity index (χ0v) is 44.6. The highest BCUT2D eigenvalue weighted by Gasteiger charge is 2.50. The molecule has 0 saturated carbocycles. The van der Waals surface area contributed by atoms with E-state index in [4.69, 9.17) is 23.7 Å². The lowest BCUT2D eigenvalue weighted by molar-refractivity contribution is -0.301. The molecule has 1 fully saturated rings. The maximum atomic E-state index is 13.1. The van der Waals surface area contributed by atoms with Gasteiger partial charge in [0.2, 0.25) is 0 Å². The molecule has 3 N–H and O–H groups in total. The monoisotopic (exact) mass is 1020 g/mol. The number of carboxylic acids is 1. The number of hydrogen-bond acceptors (Lipinski definition) is 11. The summed E-state index contributed by atoms with van der Waals surface area (Å²) in [6.45, 7) is 5.49. The number of carboxylic acid groups (broad SMARTS) is 1. The molecule has 0 spiro atoms. The molecule has 0 aromatic carbocycles. The van der Waals surface area contributed by atoms with E-state index in [0.29, 0.717) is 19.3 Å². The summed E-state index contributed by atoms with van der Waals surface area (Å²) in [4.78, 5) is 50.9. The van der Waals surface area contributed by atoms with Crippen LogP contribution in [-0.4, -0.2) is 89.2 Å². The summed E-state index contributed by atoms with van der Waals surface area (Å²) in [6, 6.07) is 0. The van der Waals surface area contributed by atoms with Gasteiger partial charge in [0.25, 0.3) is 0 Å². The van der Waals surface area contributed by atoms with Crippen molar-refractivity contribution in [3.8, 4) is 0 Å². The Kier molecular flexibility index (Phi) is 43.2. The zero-order chi connectivity index (χ0) is 53.3. The van der Waals surface area contributed by atoms with E-state index in [1.165, 1.54) is 0 Å². The van der Waals surface area contributed by atoms with Crippen molar-refractivity contribution >= 4 is 23.9 Å². The van der Waals surface area contributed by atoms with Gasteiger partial charge in [0.1, 0.15) is 18.8 Å². The van der Waals surface area contributed by atoms with E-state index < -0.39 is 67.3 Å². The largest absolute Gasteiger partial charge is 0.479 e. The average Bonchev–Trinajstić information content (AvgIpc) is 3.37. The Labute approximate surface area is 439 Å². The molecule has 0 aliphatic carbocycles. The summed E-state index contributed by atoms with van der Waals surface area (Å²) in [6.07, 6.45) is 54.6. The van der Waals surface area contributed by atoms with E-state index in [0.717, 1.165) is 116 Å². The van der Waals surface area contributed by atoms with Gasteiger partial charge in [-0.25, -0.2) is 4.79 Å². The second kappa shape index (κ2) is 47.8. The maximum absolute atomic E-state index is 13.1. The van der Waals surface area contributed by atoms with Gasteiger partial charge in [0.05, 0.1) is 13.0 Å². The molecule has 0 radical (unpaired) electrons. The lowest BCUT2D eigenvalue weighted by atomic mass is 9.98. The molecule has 12 nitrogen and oxygen atoms in total. The predicted octanol–water partition coefficient (Wildman–Crippen LogP) is 13.4. The number of esters is 3. The van der Waals surface area contributed by atoms with Crippen LogP contribution in [-0.2, 0) is 42.9 Å². The normalized spacial score (nSPS) is 19.4. The number of aliphatic carboxylic acids is 1. The number of allylic oxidation sites excluding steroid dienone is 21. The predicted molar refractivity (Wildman–Crippen MR) is 293 cm³/mol. The fourth-order valence-electron chi connectivity index (χ4n) is 7.17. The molecule has 1 heterocycles. The third-order valence-corrected chi connectivity index (χ3v) is 11.2. The molecule has 0 aromatic rings. The van der Waals surface area contributed by atoms with Crippen molar-refractivity contribution in [1.29, 1.82) is 0 Å². The van der Waals surface area contributed by atoms with Crippen molar-refractivity contribution in [2.24, 2.45) is 0 Å². The lowest BCUT2D eigenvalue weighted by Crippen LogP contribution is -2.61. The number of carbonyl (C=O) groups is 4. The maximum Gasteiger partial charge on any atom is 0.335 e. The first kappa shape index (κ1) is 65.9. The Morgan fingerprint density at radius 2 is 0.863 bits per heavy atom. The van der Waals surface area contributed by atoms with Gasteiger partial charge in [-0.2, -0.15) is 0 Å². The molecule has 1 aliphatic rings. The smallest absolute Gasteiger partial charge is 0.335 e. The van der Waals surface area contributed by atoms with Crippen LogP contribution in [0.5, 0.6) is 0 Å². The molecule has 0 amide bonds. The number of aliphatic hydroxyl groups is 2. The fraction of sp³-hybridized carbons (Fsp3) is 0.574. The van der Waals surface area contributed by atoms with Crippen LogP contribution < -0.4 is 0 Å². The summed E-state index contributed by atoms with van der Waals surface area (Å²) < 4.78 is 28.2. The highest BCUT2D eigenvalue weighted by molar-refractivity contribution is 5.74. The third-order valence-electron chi connectivity index (χ3n) is 11.2. The van der Waals surface area contributed by atoms with Crippen molar-refractivity contribution in [2.75, 3.05) is 13.2 Å². The Morgan fingerprint density at radius 1 is 0.466 bits per heavy atom. The van der Waals surface area contributed by atoms with Gasteiger partial charge in [0, 0.05) is 12.8 Å². The van der Waals surface area contributed by atoms with Crippen LogP contribution in [0.1, 0.15) is 175 Å². The Balaban J connectivity index is 2.82. The first-order valence-electron chi connectivity index (χ1n) is 27.2. The SMILES string of the molecule is CC/C=C\C/C=C\C/C=C\C/C=C\C/C=C\CC(=O)OCC(COC1OC(C(=O)O)C(O)C(O)C1OC(=O)CCCCC/C=C\C/C=C\C/C=C\CC)OC(=O)CCCCCCC/C=C\C/C=C\C/C=C\CC. The highest BCUT2D eigenvalue weighted by atomic mass is 16.7. The first-order chi connectivity index (χ1) is 35.6. The summed E-state index contributed by atoms with van der Waals surface area (Å²) in [5.41, 5.74) is 0. The molecule has 408 valence electrons. The lowest BCUT2D eigenvalue weighted by Gasteiger charge is -2.40. The Hall–Kier alpha value is -5.14. The van der Waals surface area contributed by atoms with E-state index in [2.05, 4.69) is 136 Å². The summed E-state index contributed by atoms with van der Waals surface area (Å²) in [5, 5.41) is 31.4. The summed E-state index contributed by atoms with van der Waals surface area (Å²) >= 11 is 0. The van der Waals surface area contributed by atoms with E-state index in [9.17, 15) is 34.5 Å². The number of unbranched alkanes of at least 4 members (excludes halogenated alkanes) is 8. The van der Waals surface area contributed by atoms with Gasteiger partial charge in [0.15, 0.2) is 24.6 Å². The molecule has 0 bridgehead atoms. The van der Waals surface area contributed by atoms with Gasteiger partial charge in [-0.1, -0.05) is 180 Å². The van der Waals surface area contributed by atoms with Crippen molar-refractivity contribution < 1.29 is 58.2 Å². The minimum absolute atomic E-state index is 0.00664. The average molecular weight is 1020 g/mol. The molecular weight excluding hydrogens is 925 g/mol. The van der Waals surface area contributed by atoms with Gasteiger partial charge in [-0.15, -0.1) is 0 Å². The number of hydrogen-bond donors (Lipinski definition) is 3. The van der Waals surface area contributed by atoms with Crippen LogP contribution in [0.2, 0.25) is 0 Å². The van der Waals surface area contributed by atoms with E-state index in [-0.39, 0.29) is 25.9 Å². The fourth-order valence-corrected chi connectivity index (χ4v) is 7.17. The van der Waals surface area contributed by atoms with Gasteiger partial charge >= 0.3 is 23.9 Å². The Bertz CT molecular complexity index is 1780. The molecule has 73 heavy (non-hydrogen) atoms. The van der Waals surface area contributed by atoms with Crippen LogP contribution in [0.15, 0.2) is 134 Å². The second-order valence-corrected chi connectivity index (χ2v) is 17.7. The summed E-state index contributed by atoms with van der Waals surface area (Å²) in [5.74, 6) is -3.38. The molecule has 1 saturated heterocycles. The number of aliphatic hydroxyl groups excluding tert-OH is 2. The highest BCUT2D eigenvalue weighted by Crippen LogP contribution is 2.26. The zero-order valence-electron chi connectivity index (χ0n) is 44.6. The first-order valence-corrected chi connectivity index (χ1v) is 27.2. The van der Waals surface area contributed by atoms with Crippen LogP contribution in [0, 0.1) is 0 Å². The molecule has 6 atom stereocenters. The van der Waals surface area contributed by atoms with E-state index in [1.54, 1.807) is 6.08 Å². The van der Waals surface area contributed by atoms with Crippen molar-refractivity contribution in [3.05, 3.63) is 134 Å². The Morgan fingerprint density at radius 3 is 1.33 bits per heavy atom. The van der Waals surface area contributed by atoms with Gasteiger partial charge in [-0.05, 0) is 109 Å². The third kappa shape index (κ3) is 38.2. The molecule has 0 aromatic heterocycles. The molecule has 1 aliphatic heterocycles. The quantitative estimate of drug-likeness (QED) is 0.0228. The van der Waals surface area contributed by atoms with Crippen LogP contribution in [0.25, 0.3) is 0 Å². The molecule has 6 unspecified atom stereocenters. The van der Waals surface area contributed by atoms with Crippen LogP contribution in [0.4, 0.5) is 0 Å². The number of carbonyl (C=O) groups excluding carboxylic acids is 3. The standard InChI is InChI=1S/C61H92O12/c1-4-7-10-13-16-19-22-25-27-30-32-35-38-41-44-47-53(62)69-50-52(71-54(63)48-45-42-39-36-34-31-28-26-23-20-17-14-11-8-5-2)51-70-61-59(57(66)56(65)58(73-61)60(67)68)72-55(64)49-46-43-40-37-33-29-24-21-18-15-12-9-6-3/h7-12,16-21,25-29,32-33,35,41,44,52,56-59,61,65-66H,4-6,13-15,22-24,30-31,34,36-40,42-43,45-51H2,1-3H3,(H,67,68)/b10-7-,11-8-,12-9-,19-16-,20-17-,21-18-,27-25-,28-26-,33-29-,35-32-,44-41-. The molecular formula is C61H92O12. The molecule has 12 heteroatoms. The molecule has 1 rings (SSSR count). The second-order valence-electron chi connectivity index (χ2n) is 17.7. The van der Waals surface area contributed by atoms with E-state index in [1.807, 2.05) is 12.2 Å². The van der Waals surface area contributed by atoms with Crippen LogP contribution >= 0.6 is 0 Å². The van der Waals surface area contributed by atoms with Crippen LogP contribution in [0.3, 0.4) is 0 Å². The van der Waals surface area contributed by atoms with Crippen molar-refractivity contribution in [1.82, 2.24) is 0 Å². The summed E-state index contributed by atoms with van der Waals surface area (Å²) in [7, 11) is 0. The topological polar surface area (TPSA) is 175 Å². The minimum atomic E-state index is -1.93. The number of rotatable bonds is 43. The van der Waals surface area contributed by atoms with Gasteiger partial charge < -0.3 is 39.0 Å².